The fourth-order valence-corrected chi connectivity index (χ4v) is 4.28. The standard InChI is InChI=1S/C15H18N4O2S/c1-22-14-17-8-10-11(18-14)19(9-4-2-3-5-9)13(21)15(10)6-7-16-12(15)20/h8-9H,2-7H2,1H3,(H,16,20). The van der Waals surface area contributed by atoms with Gasteiger partial charge >= 0.3 is 0 Å². The highest BCUT2D eigenvalue weighted by molar-refractivity contribution is 7.98. The van der Waals surface area contributed by atoms with Gasteiger partial charge in [-0.05, 0) is 25.5 Å². The molecule has 3 aliphatic rings. The summed E-state index contributed by atoms with van der Waals surface area (Å²) in [5.41, 5.74) is -0.397. The zero-order valence-corrected chi connectivity index (χ0v) is 13.3. The number of nitrogens with zero attached hydrogens (tertiary/aromatic N) is 3. The molecule has 0 bridgehead atoms. The second-order valence-electron chi connectivity index (χ2n) is 6.12. The molecule has 2 aliphatic heterocycles. The minimum Gasteiger partial charge on any atom is -0.355 e. The van der Waals surface area contributed by atoms with Crippen LogP contribution in [0.3, 0.4) is 0 Å². The summed E-state index contributed by atoms with van der Waals surface area (Å²) in [6, 6.07) is 0.170. The number of aromatic nitrogens is 2. The molecule has 3 heterocycles. The van der Waals surface area contributed by atoms with Gasteiger partial charge in [-0.1, -0.05) is 24.6 Å². The first-order valence-corrected chi connectivity index (χ1v) is 8.94. The Morgan fingerprint density at radius 3 is 2.77 bits per heavy atom. The van der Waals surface area contributed by atoms with Crippen LogP contribution < -0.4 is 10.2 Å². The summed E-state index contributed by atoms with van der Waals surface area (Å²) in [6.45, 7) is 0.535. The minimum atomic E-state index is -1.09. The van der Waals surface area contributed by atoms with Crippen molar-refractivity contribution in [1.82, 2.24) is 15.3 Å². The van der Waals surface area contributed by atoms with Gasteiger partial charge in [0.15, 0.2) is 10.6 Å². The summed E-state index contributed by atoms with van der Waals surface area (Å²) in [5.74, 6) is 0.366. The first kappa shape index (κ1) is 14.0. The molecule has 1 atom stereocenters. The molecule has 0 aromatic carbocycles. The summed E-state index contributed by atoms with van der Waals surface area (Å²) < 4.78 is 0. The monoisotopic (exact) mass is 318 g/mol. The van der Waals surface area contributed by atoms with E-state index in [-0.39, 0.29) is 17.9 Å². The van der Waals surface area contributed by atoms with Gasteiger partial charge in [-0.25, -0.2) is 9.97 Å². The van der Waals surface area contributed by atoms with Crippen molar-refractivity contribution in [3.8, 4) is 0 Å². The number of nitrogens with one attached hydrogen (secondary N) is 1. The van der Waals surface area contributed by atoms with Gasteiger partial charge in [0.2, 0.25) is 11.8 Å². The van der Waals surface area contributed by atoms with Crippen LogP contribution in [0.1, 0.15) is 37.7 Å². The lowest BCUT2D eigenvalue weighted by molar-refractivity contribution is -0.133. The predicted molar refractivity (Wildman–Crippen MR) is 82.9 cm³/mol. The molecule has 1 unspecified atom stereocenters. The van der Waals surface area contributed by atoms with E-state index in [0.29, 0.717) is 29.5 Å². The molecule has 116 valence electrons. The topological polar surface area (TPSA) is 75.2 Å². The number of carbonyl (C=O) groups excluding carboxylic acids is 2. The van der Waals surface area contributed by atoms with Crippen molar-refractivity contribution in [3.05, 3.63) is 11.8 Å². The van der Waals surface area contributed by atoms with Crippen molar-refractivity contribution < 1.29 is 9.59 Å². The first-order valence-electron chi connectivity index (χ1n) is 7.72. The fraction of sp³-hybridized carbons (Fsp3) is 0.600. The summed E-state index contributed by atoms with van der Waals surface area (Å²) in [6.07, 6.45) is 8.33. The molecule has 6 nitrogen and oxygen atoms in total. The molecule has 1 saturated carbocycles. The largest absolute Gasteiger partial charge is 0.355 e. The van der Waals surface area contributed by atoms with Crippen molar-refractivity contribution in [2.24, 2.45) is 0 Å². The van der Waals surface area contributed by atoms with Gasteiger partial charge in [0.05, 0.1) is 0 Å². The smallest absolute Gasteiger partial charge is 0.248 e. The summed E-state index contributed by atoms with van der Waals surface area (Å²) in [5, 5.41) is 3.46. The number of rotatable bonds is 2. The number of fused-ring (bicyclic) bond motifs is 2. The first-order chi connectivity index (χ1) is 10.7. The maximum atomic E-state index is 13.2. The van der Waals surface area contributed by atoms with E-state index in [1.54, 1.807) is 11.1 Å². The average Bonchev–Trinajstić information content (AvgIpc) is 3.22. The summed E-state index contributed by atoms with van der Waals surface area (Å²) in [7, 11) is 0. The van der Waals surface area contributed by atoms with Crippen molar-refractivity contribution >= 4 is 29.4 Å². The zero-order valence-electron chi connectivity index (χ0n) is 12.5. The fourth-order valence-electron chi connectivity index (χ4n) is 3.95. The van der Waals surface area contributed by atoms with E-state index >= 15 is 0 Å². The third kappa shape index (κ3) is 1.68. The van der Waals surface area contributed by atoms with Gasteiger partial charge in [-0.15, -0.1) is 0 Å². The quantitative estimate of drug-likeness (QED) is 0.504. The molecule has 1 spiro atoms. The van der Waals surface area contributed by atoms with Crippen LogP contribution in [-0.2, 0) is 15.0 Å². The van der Waals surface area contributed by atoms with Crippen LogP contribution in [0.5, 0.6) is 0 Å². The number of carbonyl (C=O) groups is 2. The van der Waals surface area contributed by atoms with Crippen molar-refractivity contribution in [2.75, 3.05) is 17.7 Å². The lowest BCUT2D eigenvalue weighted by Crippen LogP contribution is -2.48. The van der Waals surface area contributed by atoms with Gasteiger partial charge in [-0.2, -0.15) is 0 Å². The van der Waals surface area contributed by atoms with Gasteiger partial charge in [0, 0.05) is 24.3 Å². The van der Waals surface area contributed by atoms with E-state index in [0.717, 1.165) is 25.7 Å². The summed E-state index contributed by atoms with van der Waals surface area (Å²) in [4.78, 5) is 36.3. The van der Waals surface area contributed by atoms with Gasteiger partial charge in [0.25, 0.3) is 0 Å². The van der Waals surface area contributed by atoms with Crippen LogP contribution in [0.25, 0.3) is 0 Å². The predicted octanol–water partition coefficient (Wildman–Crippen LogP) is 1.25. The Labute approximate surface area is 133 Å². The van der Waals surface area contributed by atoms with E-state index in [4.69, 9.17) is 0 Å². The molecule has 1 aliphatic carbocycles. The van der Waals surface area contributed by atoms with Gasteiger partial charge in [-0.3, -0.25) is 14.5 Å². The van der Waals surface area contributed by atoms with E-state index in [1.807, 2.05) is 6.26 Å². The molecule has 1 N–H and O–H groups in total. The van der Waals surface area contributed by atoms with Crippen molar-refractivity contribution in [3.63, 3.8) is 0 Å². The minimum absolute atomic E-state index is 0.100. The maximum Gasteiger partial charge on any atom is 0.248 e. The molecule has 22 heavy (non-hydrogen) atoms. The molecule has 4 rings (SSSR count). The Morgan fingerprint density at radius 2 is 2.14 bits per heavy atom. The average molecular weight is 318 g/mol. The molecule has 2 fully saturated rings. The molecule has 1 aromatic rings. The molecular formula is C15H18N4O2S. The Morgan fingerprint density at radius 1 is 1.36 bits per heavy atom. The number of thioether (sulfide) groups is 1. The van der Waals surface area contributed by atoms with E-state index in [2.05, 4.69) is 15.3 Å². The molecule has 1 aromatic heterocycles. The van der Waals surface area contributed by atoms with E-state index in [1.165, 1.54) is 11.8 Å². The molecule has 0 radical (unpaired) electrons. The van der Waals surface area contributed by atoms with Crippen LogP contribution >= 0.6 is 11.8 Å². The number of hydrogen-bond acceptors (Lipinski definition) is 5. The highest BCUT2D eigenvalue weighted by Crippen LogP contribution is 2.47. The second kappa shape index (κ2) is 4.94. The van der Waals surface area contributed by atoms with Crippen LogP contribution in [0.4, 0.5) is 5.82 Å². The summed E-state index contributed by atoms with van der Waals surface area (Å²) >= 11 is 1.45. The Kier molecular flexibility index (Phi) is 3.14. The SMILES string of the molecule is CSc1ncc2c(n1)N(C1CCCC1)C(=O)C21CCNC1=O. The molecule has 7 heteroatoms. The normalized spacial score (nSPS) is 27.8. The number of anilines is 1. The van der Waals surface area contributed by atoms with Crippen LogP contribution in [0, 0.1) is 0 Å². The van der Waals surface area contributed by atoms with Crippen molar-refractivity contribution in [2.45, 2.75) is 48.7 Å². The van der Waals surface area contributed by atoms with Gasteiger partial charge < -0.3 is 5.32 Å². The molecular weight excluding hydrogens is 300 g/mol. The van der Waals surface area contributed by atoms with Crippen LogP contribution in [-0.4, -0.2) is 40.6 Å². The number of hydrogen-bond donors (Lipinski definition) is 1. The van der Waals surface area contributed by atoms with Crippen LogP contribution in [0.15, 0.2) is 11.4 Å². The third-order valence-corrected chi connectivity index (χ3v) is 5.63. The lowest BCUT2D eigenvalue weighted by atomic mass is 9.81. The molecule has 2 amide bonds. The third-order valence-electron chi connectivity index (χ3n) is 5.06. The lowest BCUT2D eigenvalue weighted by Gasteiger charge is -2.26. The van der Waals surface area contributed by atoms with Crippen molar-refractivity contribution in [1.29, 1.82) is 0 Å². The maximum absolute atomic E-state index is 13.2. The Bertz CT molecular complexity index is 659. The Hall–Kier alpha value is -1.63. The number of amides is 2. The molecule has 1 saturated heterocycles. The van der Waals surface area contributed by atoms with Gasteiger partial charge in [0.1, 0.15) is 5.82 Å². The zero-order chi connectivity index (χ0) is 15.3. The van der Waals surface area contributed by atoms with Crippen LogP contribution in [0.2, 0.25) is 0 Å². The van der Waals surface area contributed by atoms with E-state index in [9.17, 15) is 9.59 Å². The highest BCUT2D eigenvalue weighted by atomic mass is 32.2. The second-order valence-corrected chi connectivity index (χ2v) is 6.89. The van der Waals surface area contributed by atoms with E-state index < -0.39 is 5.41 Å². The Balaban J connectivity index is 1.89. The highest BCUT2D eigenvalue weighted by Gasteiger charge is 2.60.